The number of ether oxygens (including phenoxy) is 4. The van der Waals surface area contributed by atoms with Crippen LogP contribution in [0.4, 0.5) is 0 Å². The largest absolute Gasteiger partial charge is 0.497 e. The number of carbonyl (C=O) groups excluding carboxylic acids is 1. The van der Waals surface area contributed by atoms with Gasteiger partial charge in [-0.2, -0.15) is 4.31 Å². The summed E-state index contributed by atoms with van der Waals surface area (Å²) < 4.78 is 48.7. The first-order chi connectivity index (χ1) is 15.3. The van der Waals surface area contributed by atoms with E-state index in [0.29, 0.717) is 41.5 Å². The number of amides is 1. The lowest BCUT2D eigenvalue weighted by Gasteiger charge is -2.24. The molecule has 0 radical (unpaired) electrons. The zero-order chi connectivity index (χ0) is 23.3. The Kier molecular flexibility index (Phi) is 7.47. The Hall–Kier alpha value is -2.98. The van der Waals surface area contributed by atoms with E-state index in [1.165, 1.54) is 44.9 Å². The van der Waals surface area contributed by atoms with Crippen molar-refractivity contribution >= 4 is 15.9 Å². The maximum Gasteiger partial charge on any atom is 0.251 e. The lowest BCUT2D eigenvalue weighted by Crippen LogP contribution is -2.43. The van der Waals surface area contributed by atoms with Gasteiger partial charge in [-0.3, -0.25) is 4.79 Å². The molecule has 9 nitrogen and oxygen atoms in total. The number of hydrogen-bond acceptors (Lipinski definition) is 7. The Balaban J connectivity index is 1.74. The average Bonchev–Trinajstić information content (AvgIpc) is 3.31. The minimum Gasteiger partial charge on any atom is -0.497 e. The zero-order valence-corrected chi connectivity index (χ0v) is 19.4. The van der Waals surface area contributed by atoms with Gasteiger partial charge in [0, 0.05) is 24.7 Å². The zero-order valence-electron chi connectivity index (χ0n) is 18.6. The Morgan fingerprint density at radius 2 is 1.62 bits per heavy atom. The maximum absolute atomic E-state index is 13.1. The molecule has 32 heavy (non-hydrogen) atoms. The van der Waals surface area contributed by atoms with Crippen molar-refractivity contribution in [2.45, 2.75) is 23.8 Å². The second kappa shape index (κ2) is 10.1. The number of benzene rings is 2. The van der Waals surface area contributed by atoms with Crippen LogP contribution in [0.15, 0.2) is 41.3 Å². The first-order valence-electron chi connectivity index (χ1n) is 10.1. The molecule has 1 atom stereocenters. The fourth-order valence-electron chi connectivity index (χ4n) is 3.74. The molecule has 10 heteroatoms. The van der Waals surface area contributed by atoms with Crippen LogP contribution < -0.4 is 24.3 Å². The summed E-state index contributed by atoms with van der Waals surface area (Å²) in [5, 5.41) is 2.84. The highest BCUT2D eigenvalue weighted by Crippen LogP contribution is 2.38. The molecule has 2 aromatic rings. The van der Waals surface area contributed by atoms with Crippen LogP contribution in [-0.4, -0.2) is 66.2 Å². The summed E-state index contributed by atoms with van der Waals surface area (Å²) in [6.07, 6.45) is 1.38. The molecule has 0 aromatic heterocycles. The summed E-state index contributed by atoms with van der Waals surface area (Å²) in [4.78, 5) is 13.0. The van der Waals surface area contributed by atoms with Crippen molar-refractivity contribution in [2.24, 2.45) is 0 Å². The van der Waals surface area contributed by atoms with Crippen LogP contribution in [-0.2, 0) is 10.0 Å². The van der Waals surface area contributed by atoms with E-state index in [1.54, 1.807) is 24.3 Å². The number of methoxy groups -OCH3 is 4. The van der Waals surface area contributed by atoms with Gasteiger partial charge in [0.15, 0.2) is 11.5 Å². The number of hydrogen-bond donors (Lipinski definition) is 1. The molecule has 1 unspecified atom stereocenters. The molecule has 1 fully saturated rings. The van der Waals surface area contributed by atoms with Crippen molar-refractivity contribution in [2.75, 3.05) is 41.5 Å². The second-order valence-corrected chi connectivity index (χ2v) is 9.10. The predicted molar refractivity (Wildman–Crippen MR) is 118 cm³/mol. The molecule has 1 saturated heterocycles. The van der Waals surface area contributed by atoms with Crippen molar-refractivity contribution in [3.63, 3.8) is 0 Å². The van der Waals surface area contributed by atoms with E-state index in [1.807, 2.05) is 0 Å². The van der Waals surface area contributed by atoms with Gasteiger partial charge >= 0.3 is 0 Å². The number of nitrogens with one attached hydrogen (secondary N) is 1. The summed E-state index contributed by atoms with van der Waals surface area (Å²) in [6, 6.07) is 9.05. The average molecular weight is 465 g/mol. The van der Waals surface area contributed by atoms with Crippen molar-refractivity contribution in [1.82, 2.24) is 9.62 Å². The molecule has 174 valence electrons. The van der Waals surface area contributed by atoms with Gasteiger partial charge in [-0.25, -0.2) is 8.42 Å². The van der Waals surface area contributed by atoms with E-state index in [-0.39, 0.29) is 23.4 Å². The summed E-state index contributed by atoms with van der Waals surface area (Å²) >= 11 is 0. The molecule has 3 rings (SSSR count). The van der Waals surface area contributed by atoms with Crippen LogP contribution in [0.2, 0.25) is 0 Å². The smallest absolute Gasteiger partial charge is 0.251 e. The minimum atomic E-state index is -3.69. The van der Waals surface area contributed by atoms with Crippen LogP contribution in [0.5, 0.6) is 23.0 Å². The lowest BCUT2D eigenvalue weighted by atomic mass is 10.1. The third kappa shape index (κ3) is 4.76. The molecule has 1 aliphatic heterocycles. The summed E-state index contributed by atoms with van der Waals surface area (Å²) in [5.41, 5.74) is 0.321. The normalized spacial score (nSPS) is 16.4. The van der Waals surface area contributed by atoms with Gasteiger partial charge < -0.3 is 24.3 Å². The van der Waals surface area contributed by atoms with Gasteiger partial charge in [0.2, 0.25) is 15.8 Å². The topological polar surface area (TPSA) is 103 Å². The highest BCUT2D eigenvalue weighted by Gasteiger charge is 2.35. The Morgan fingerprint density at radius 1 is 1.00 bits per heavy atom. The summed E-state index contributed by atoms with van der Waals surface area (Å²) in [5.74, 6) is 1.33. The first-order valence-corrected chi connectivity index (χ1v) is 11.5. The van der Waals surface area contributed by atoms with Crippen LogP contribution in [0.3, 0.4) is 0 Å². The maximum atomic E-state index is 13.1. The van der Waals surface area contributed by atoms with Gasteiger partial charge in [-0.1, -0.05) is 0 Å². The Morgan fingerprint density at radius 3 is 2.16 bits per heavy atom. The van der Waals surface area contributed by atoms with Crippen molar-refractivity contribution in [1.29, 1.82) is 0 Å². The van der Waals surface area contributed by atoms with Crippen LogP contribution in [0.25, 0.3) is 0 Å². The van der Waals surface area contributed by atoms with Gasteiger partial charge in [-0.15, -0.1) is 0 Å². The van der Waals surface area contributed by atoms with Crippen molar-refractivity contribution in [3.8, 4) is 23.0 Å². The van der Waals surface area contributed by atoms with Gasteiger partial charge in [0.05, 0.1) is 33.3 Å². The summed E-state index contributed by atoms with van der Waals surface area (Å²) in [6.45, 7) is 0.587. The number of carbonyl (C=O) groups is 1. The summed E-state index contributed by atoms with van der Waals surface area (Å²) in [7, 11) is 2.27. The third-order valence-corrected chi connectivity index (χ3v) is 7.38. The molecule has 0 aliphatic carbocycles. The van der Waals surface area contributed by atoms with Crippen LogP contribution in [0.1, 0.15) is 23.2 Å². The molecular formula is C22H28N2O7S. The van der Waals surface area contributed by atoms with Gasteiger partial charge in [-0.05, 0) is 49.2 Å². The molecule has 1 N–H and O–H groups in total. The van der Waals surface area contributed by atoms with E-state index >= 15 is 0 Å². The molecular weight excluding hydrogens is 436 g/mol. The fraction of sp³-hybridized carbons (Fsp3) is 0.409. The molecule has 1 aliphatic rings. The molecule has 0 spiro atoms. The lowest BCUT2D eigenvalue weighted by molar-refractivity contribution is 0.0945. The fourth-order valence-corrected chi connectivity index (χ4v) is 5.43. The molecule has 1 heterocycles. The predicted octanol–water partition coefficient (Wildman–Crippen LogP) is 2.30. The van der Waals surface area contributed by atoms with Crippen LogP contribution in [0, 0.1) is 0 Å². The van der Waals surface area contributed by atoms with Gasteiger partial charge in [0.25, 0.3) is 5.91 Å². The van der Waals surface area contributed by atoms with E-state index in [9.17, 15) is 13.2 Å². The number of nitrogens with zero attached hydrogens (tertiary/aromatic N) is 1. The van der Waals surface area contributed by atoms with Crippen molar-refractivity contribution < 1.29 is 32.2 Å². The highest BCUT2D eigenvalue weighted by atomic mass is 32.2. The number of sulfonamides is 1. The van der Waals surface area contributed by atoms with Crippen LogP contribution >= 0.6 is 0 Å². The minimum absolute atomic E-state index is 0.185. The molecule has 0 saturated carbocycles. The second-order valence-electron chi connectivity index (χ2n) is 7.21. The van der Waals surface area contributed by atoms with E-state index < -0.39 is 10.0 Å². The quantitative estimate of drug-likeness (QED) is 0.607. The Bertz CT molecular complexity index is 1030. The van der Waals surface area contributed by atoms with E-state index in [0.717, 1.165) is 6.42 Å². The van der Waals surface area contributed by atoms with Gasteiger partial charge in [0.1, 0.15) is 5.75 Å². The third-order valence-electron chi connectivity index (χ3n) is 5.41. The molecule has 2 aromatic carbocycles. The SMILES string of the molecule is COc1ccc(S(=O)(=O)N2CCCC2CNC(=O)c2cc(OC)c(OC)c(OC)c2)cc1. The van der Waals surface area contributed by atoms with E-state index in [4.69, 9.17) is 18.9 Å². The monoisotopic (exact) mass is 464 g/mol. The van der Waals surface area contributed by atoms with E-state index in [2.05, 4.69) is 5.32 Å². The number of rotatable bonds is 9. The Labute approximate surface area is 188 Å². The van der Waals surface area contributed by atoms with Crippen molar-refractivity contribution in [3.05, 3.63) is 42.0 Å². The standard InChI is InChI=1S/C22H28N2O7S/c1-28-17-7-9-18(10-8-17)32(26,27)24-11-5-6-16(24)14-23-22(25)15-12-19(29-2)21(31-4)20(13-15)30-3/h7-10,12-13,16H,5-6,11,14H2,1-4H3,(H,23,25). The molecule has 0 bridgehead atoms. The molecule has 1 amide bonds. The first kappa shape index (κ1) is 23.7. The highest BCUT2D eigenvalue weighted by molar-refractivity contribution is 7.89.